The highest BCUT2D eigenvalue weighted by molar-refractivity contribution is 5.90. The van der Waals surface area contributed by atoms with Gasteiger partial charge in [-0.05, 0) is 89.7 Å². The van der Waals surface area contributed by atoms with Gasteiger partial charge in [0.25, 0.3) is 0 Å². The summed E-state index contributed by atoms with van der Waals surface area (Å²) < 4.78 is 1.91. The number of fused-ring (bicyclic) bond motifs is 1. The molecule has 2 fully saturated rings. The molecule has 246 valence electrons. The fourth-order valence-corrected chi connectivity index (χ4v) is 6.39. The third-order valence-corrected chi connectivity index (χ3v) is 8.97. The number of carboxylic acids is 1. The van der Waals surface area contributed by atoms with E-state index in [0.29, 0.717) is 18.5 Å². The predicted octanol–water partition coefficient (Wildman–Crippen LogP) is 4.26. The van der Waals surface area contributed by atoms with Gasteiger partial charge in [0.05, 0.1) is 18.3 Å². The van der Waals surface area contributed by atoms with Crippen LogP contribution in [0.25, 0.3) is 10.9 Å². The second kappa shape index (κ2) is 18.0. The highest BCUT2D eigenvalue weighted by atomic mass is 16.4. The number of nitrogens with zero attached hydrogens (tertiary/aromatic N) is 6. The summed E-state index contributed by atoms with van der Waals surface area (Å²) in [5, 5.41) is 32.9. The molecule has 1 aromatic carbocycles. The molecule has 5 rings (SSSR count). The van der Waals surface area contributed by atoms with Gasteiger partial charge >= 0.3 is 5.97 Å². The molecule has 0 atom stereocenters. The zero-order valence-electron chi connectivity index (χ0n) is 26.7. The average Bonchev–Trinajstić information content (AvgIpc) is 3.52. The summed E-state index contributed by atoms with van der Waals surface area (Å²) in [6.45, 7) is 7.43. The van der Waals surface area contributed by atoms with E-state index in [1.54, 1.807) is 0 Å². The van der Waals surface area contributed by atoms with Crippen molar-refractivity contribution in [3.63, 3.8) is 0 Å². The van der Waals surface area contributed by atoms with Gasteiger partial charge in [-0.15, -0.1) is 5.10 Å². The molecule has 1 aliphatic heterocycles. The van der Waals surface area contributed by atoms with Gasteiger partial charge in [0.2, 0.25) is 5.95 Å². The molecule has 1 aliphatic carbocycles. The molecule has 45 heavy (non-hydrogen) atoms. The summed E-state index contributed by atoms with van der Waals surface area (Å²) in [6, 6.07) is 9.18. The number of unbranched alkanes of at least 4 members (excludes halogenated alkanes) is 1. The van der Waals surface area contributed by atoms with E-state index in [0.717, 1.165) is 106 Å². The van der Waals surface area contributed by atoms with Crippen LogP contribution in [0.2, 0.25) is 0 Å². The van der Waals surface area contributed by atoms with Crippen molar-refractivity contribution < 1.29 is 9.90 Å². The number of piperidine rings is 1. The molecule has 0 radical (unpaired) electrons. The van der Waals surface area contributed by atoms with Crippen molar-refractivity contribution in [3.8, 4) is 0 Å². The summed E-state index contributed by atoms with van der Waals surface area (Å²) in [7, 11) is 0. The molecule has 0 unspecified atom stereocenters. The first-order valence-electron chi connectivity index (χ1n) is 17.2. The predicted molar refractivity (Wildman–Crippen MR) is 178 cm³/mol. The van der Waals surface area contributed by atoms with E-state index < -0.39 is 5.97 Å². The Bertz CT molecular complexity index is 1300. The van der Waals surface area contributed by atoms with Crippen molar-refractivity contribution in [2.24, 2.45) is 0 Å². The number of carboxylic acid groups (broad SMARTS) is 1. The zero-order valence-corrected chi connectivity index (χ0v) is 26.7. The van der Waals surface area contributed by atoms with Crippen LogP contribution >= 0.6 is 0 Å². The maximum atomic E-state index is 10.8. The number of carbonyl (C=O) groups is 1. The summed E-state index contributed by atoms with van der Waals surface area (Å²) in [6.07, 6.45) is 15.0. The van der Waals surface area contributed by atoms with Crippen LogP contribution in [0, 0.1) is 0 Å². The molecule has 12 heteroatoms. The number of aromatic nitrogens is 5. The lowest BCUT2D eigenvalue weighted by Gasteiger charge is -2.32. The zero-order chi connectivity index (χ0) is 31.1. The van der Waals surface area contributed by atoms with Crippen molar-refractivity contribution >= 4 is 28.6 Å². The van der Waals surface area contributed by atoms with Gasteiger partial charge in [0.15, 0.2) is 0 Å². The molecule has 0 bridgehead atoms. The Balaban J connectivity index is 1.02. The van der Waals surface area contributed by atoms with E-state index in [-0.39, 0.29) is 6.42 Å². The Hall–Kier alpha value is -3.35. The van der Waals surface area contributed by atoms with Gasteiger partial charge in [-0.2, -0.15) is 4.98 Å². The number of hydrogen-bond acceptors (Lipinski definition) is 10. The Labute approximate surface area is 267 Å². The van der Waals surface area contributed by atoms with E-state index in [1.807, 2.05) is 29.1 Å². The summed E-state index contributed by atoms with van der Waals surface area (Å²) >= 11 is 0. The minimum atomic E-state index is -0.711. The van der Waals surface area contributed by atoms with E-state index in [4.69, 9.17) is 15.1 Å². The van der Waals surface area contributed by atoms with Gasteiger partial charge in [-0.25, -0.2) is 4.98 Å². The van der Waals surface area contributed by atoms with Crippen LogP contribution in [-0.4, -0.2) is 92.3 Å². The van der Waals surface area contributed by atoms with E-state index in [1.165, 1.54) is 38.5 Å². The van der Waals surface area contributed by atoms with Crippen LogP contribution in [0.15, 0.2) is 30.5 Å². The quantitative estimate of drug-likeness (QED) is 0.123. The Kier molecular flexibility index (Phi) is 13.2. The molecule has 0 amide bonds. The number of hydrogen-bond donors (Lipinski definition) is 5. The van der Waals surface area contributed by atoms with Gasteiger partial charge in [0.1, 0.15) is 11.5 Å². The monoisotopic (exact) mass is 620 g/mol. The van der Waals surface area contributed by atoms with Crippen LogP contribution in [0.5, 0.6) is 0 Å². The molecule has 5 N–H and O–H groups in total. The summed E-state index contributed by atoms with van der Waals surface area (Å²) in [5.41, 5.74) is 1.76. The van der Waals surface area contributed by atoms with Crippen LogP contribution in [-0.2, 0) is 17.9 Å². The number of rotatable bonds is 19. The normalized spacial score (nSPS) is 16.7. The SMILES string of the molecule is O=C(O)CCCCN1CCC(Nc2nc(NCc3cn(CCCNCCCNC4CCCCC4)nn3)nc3ccccc23)CC1. The first kappa shape index (κ1) is 33.0. The van der Waals surface area contributed by atoms with E-state index in [2.05, 4.69) is 42.5 Å². The van der Waals surface area contributed by atoms with Gasteiger partial charge in [-0.3, -0.25) is 9.48 Å². The van der Waals surface area contributed by atoms with Crippen LogP contribution in [0.4, 0.5) is 11.8 Å². The van der Waals surface area contributed by atoms with Crippen molar-refractivity contribution in [1.82, 2.24) is 40.5 Å². The van der Waals surface area contributed by atoms with Crippen molar-refractivity contribution in [2.45, 2.75) is 102 Å². The smallest absolute Gasteiger partial charge is 0.303 e. The molecule has 0 spiro atoms. The van der Waals surface area contributed by atoms with Crippen molar-refractivity contribution in [3.05, 3.63) is 36.2 Å². The number of anilines is 2. The third kappa shape index (κ3) is 11.2. The second-order valence-electron chi connectivity index (χ2n) is 12.6. The van der Waals surface area contributed by atoms with Gasteiger partial charge in [-0.1, -0.05) is 36.6 Å². The highest BCUT2D eigenvalue weighted by Gasteiger charge is 2.20. The standard InChI is InChI=1S/C33H52N10O2/c44-31(45)14-6-7-20-42-22-15-27(16-23-42)37-32-29-12-4-5-13-30(29)38-33(39-32)36-24-28-25-43(41-40-28)21-9-18-34-17-8-19-35-26-10-2-1-3-11-26/h4-5,12-13,25-27,34-35H,1-3,6-11,14-24H2,(H,44,45)(H2,36,37,38,39). The first-order valence-corrected chi connectivity index (χ1v) is 17.2. The number of likely N-dealkylation sites (tertiary alicyclic amines) is 1. The molecule has 3 aromatic rings. The fourth-order valence-electron chi connectivity index (χ4n) is 6.39. The minimum Gasteiger partial charge on any atom is -0.481 e. The third-order valence-electron chi connectivity index (χ3n) is 8.97. The minimum absolute atomic E-state index is 0.254. The molecule has 12 nitrogen and oxygen atoms in total. The lowest BCUT2D eigenvalue weighted by atomic mass is 9.95. The summed E-state index contributed by atoms with van der Waals surface area (Å²) in [4.78, 5) is 22.8. The Morgan fingerprint density at radius 2 is 1.71 bits per heavy atom. The van der Waals surface area contributed by atoms with Crippen LogP contribution in [0.3, 0.4) is 0 Å². The van der Waals surface area contributed by atoms with Crippen LogP contribution < -0.4 is 21.3 Å². The number of aliphatic carboxylic acids is 1. The Morgan fingerprint density at radius 3 is 2.56 bits per heavy atom. The number of para-hydroxylation sites is 1. The number of nitrogens with one attached hydrogen (secondary N) is 4. The molecule has 2 aromatic heterocycles. The molecule has 3 heterocycles. The Morgan fingerprint density at radius 1 is 0.889 bits per heavy atom. The largest absolute Gasteiger partial charge is 0.481 e. The summed E-state index contributed by atoms with van der Waals surface area (Å²) in [5.74, 6) is 0.713. The topological polar surface area (TPSA) is 145 Å². The first-order chi connectivity index (χ1) is 22.1. The molecule has 2 aliphatic rings. The number of benzene rings is 1. The lowest BCUT2D eigenvalue weighted by molar-refractivity contribution is -0.137. The van der Waals surface area contributed by atoms with Crippen molar-refractivity contribution in [1.29, 1.82) is 0 Å². The maximum absolute atomic E-state index is 10.8. The fraction of sp³-hybridized carbons (Fsp3) is 0.667. The van der Waals surface area contributed by atoms with E-state index in [9.17, 15) is 4.79 Å². The highest BCUT2D eigenvalue weighted by Crippen LogP contribution is 2.25. The molecular weight excluding hydrogens is 568 g/mol. The molecular formula is C33H52N10O2. The van der Waals surface area contributed by atoms with E-state index >= 15 is 0 Å². The number of aryl methyl sites for hydroxylation is 1. The van der Waals surface area contributed by atoms with Gasteiger partial charge in [0, 0.05) is 43.5 Å². The maximum Gasteiger partial charge on any atom is 0.303 e. The van der Waals surface area contributed by atoms with Gasteiger partial charge < -0.3 is 31.3 Å². The van der Waals surface area contributed by atoms with Crippen LogP contribution in [0.1, 0.15) is 82.7 Å². The lowest BCUT2D eigenvalue weighted by Crippen LogP contribution is -2.39. The molecule has 1 saturated heterocycles. The average molecular weight is 621 g/mol. The molecule has 1 saturated carbocycles. The van der Waals surface area contributed by atoms with Crippen molar-refractivity contribution in [2.75, 3.05) is 49.9 Å². The second-order valence-corrected chi connectivity index (χ2v) is 12.6.